The molecule has 1 aromatic heterocycles. The maximum absolute atomic E-state index is 12.5. The highest BCUT2D eigenvalue weighted by Gasteiger charge is 2.26. The molecule has 0 aliphatic carbocycles. The fraction of sp³-hybridized carbons (Fsp3) is 0.450. The Bertz CT molecular complexity index is 765. The van der Waals surface area contributed by atoms with Gasteiger partial charge in [-0.05, 0) is 44.0 Å². The molecule has 0 radical (unpaired) electrons. The van der Waals surface area contributed by atoms with Gasteiger partial charge in [-0.3, -0.25) is 9.69 Å². The van der Waals surface area contributed by atoms with E-state index in [2.05, 4.69) is 25.1 Å². The lowest BCUT2D eigenvalue weighted by molar-refractivity contribution is -0.117. The van der Waals surface area contributed by atoms with Crippen molar-refractivity contribution >= 4 is 17.5 Å². The van der Waals surface area contributed by atoms with Crippen LogP contribution < -0.4 is 15.0 Å². The van der Waals surface area contributed by atoms with E-state index in [0.717, 1.165) is 37.4 Å². The summed E-state index contributed by atoms with van der Waals surface area (Å²) < 4.78 is 5.29. The van der Waals surface area contributed by atoms with Crippen molar-refractivity contribution in [2.45, 2.75) is 25.8 Å². The summed E-state index contributed by atoms with van der Waals surface area (Å²) in [6, 6.07) is 7.74. The molecule has 144 valence electrons. The van der Waals surface area contributed by atoms with E-state index in [-0.39, 0.29) is 5.91 Å². The Morgan fingerprint density at radius 3 is 2.81 bits per heavy atom. The second-order valence-electron chi connectivity index (χ2n) is 6.95. The summed E-state index contributed by atoms with van der Waals surface area (Å²) >= 11 is 0. The third kappa shape index (κ3) is 4.95. The number of nitrogens with zero attached hydrogens (tertiary/aromatic N) is 4. The molecule has 1 aliphatic heterocycles. The van der Waals surface area contributed by atoms with Crippen molar-refractivity contribution in [2.75, 3.05) is 44.0 Å². The van der Waals surface area contributed by atoms with E-state index in [1.54, 1.807) is 7.11 Å². The molecule has 1 aromatic carbocycles. The Morgan fingerprint density at radius 1 is 1.33 bits per heavy atom. The number of rotatable bonds is 6. The van der Waals surface area contributed by atoms with Gasteiger partial charge in [0, 0.05) is 32.0 Å². The second kappa shape index (κ2) is 8.81. The quantitative estimate of drug-likeness (QED) is 0.843. The minimum Gasteiger partial charge on any atom is -0.495 e. The molecule has 0 saturated carbocycles. The third-order valence-corrected chi connectivity index (χ3v) is 4.86. The summed E-state index contributed by atoms with van der Waals surface area (Å²) in [6.45, 7) is 4.06. The number of hydrogen-bond donors (Lipinski definition) is 1. The third-order valence-electron chi connectivity index (χ3n) is 4.86. The number of nitrogens with one attached hydrogen (secondary N) is 1. The normalized spacial score (nSPS) is 17.4. The van der Waals surface area contributed by atoms with Gasteiger partial charge >= 0.3 is 0 Å². The van der Waals surface area contributed by atoms with E-state index >= 15 is 0 Å². The van der Waals surface area contributed by atoms with Crippen LogP contribution in [0.3, 0.4) is 0 Å². The number of likely N-dealkylation sites (tertiary alicyclic amines) is 1. The van der Waals surface area contributed by atoms with Crippen LogP contribution >= 0.6 is 0 Å². The molecule has 1 aliphatic rings. The zero-order valence-corrected chi connectivity index (χ0v) is 16.2. The highest BCUT2D eigenvalue weighted by molar-refractivity contribution is 5.93. The lowest BCUT2D eigenvalue weighted by Crippen LogP contribution is -2.49. The van der Waals surface area contributed by atoms with Gasteiger partial charge in [0.2, 0.25) is 11.9 Å². The molecule has 0 bridgehead atoms. The number of benzene rings is 1. The number of carbonyl (C=O) groups is 1. The van der Waals surface area contributed by atoms with Gasteiger partial charge in [-0.15, -0.1) is 0 Å². The average molecular weight is 369 g/mol. The number of anilines is 2. The largest absolute Gasteiger partial charge is 0.495 e. The first kappa shape index (κ1) is 19.1. The lowest BCUT2D eigenvalue weighted by Gasteiger charge is -2.37. The van der Waals surface area contributed by atoms with Crippen molar-refractivity contribution in [3.63, 3.8) is 0 Å². The van der Waals surface area contributed by atoms with Crippen molar-refractivity contribution in [1.82, 2.24) is 14.9 Å². The Hall–Kier alpha value is -2.67. The molecule has 2 heterocycles. The minimum atomic E-state index is -0.0330. The van der Waals surface area contributed by atoms with Crippen LogP contribution in [-0.4, -0.2) is 60.6 Å². The molecule has 7 heteroatoms. The number of aromatic nitrogens is 2. The summed E-state index contributed by atoms with van der Waals surface area (Å²) in [6.07, 6.45) is 5.78. The monoisotopic (exact) mass is 369 g/mol. The lowest BCUT2D eigenvalue weighted by atomic mass is 10.0. The molecule has 0 spiro atoms. The van der Waals surface area contributed by atoms with E-state index in [1.807, 2.05) is 50.6 Å². The summed E-state index contributed by atoms with van der Waals surface area (Å²) in [5.74, 6) is 1.36. The molecule has 2 aromatic rings. The number of carbonyl (C=O) groups excluding carboxylic acids is 1. The Balaban J connectivity index is 1.57. The van der Waals surface area contributed by atoms with Gasteiger partial charge in [-0.2, -0.15) is 0 Å². The topological polar surface area (TPSA) is 70.6 Å². The van der Waals surface area contributed by atoms with Crippen LogP contribution in [0.25, 0.3) is 0 Å². The number of amides is 1. The maximum Gasteiger partial charge on any atom is 0.238 e. The van der Waals surface area contributed by atoms with Gasteiger partial charge in [0.15, 0.2) is 0 Å². The number of likely N-dealkylation sites (N-methyl/N-ethyl adjacent to an activating group) is 1. The molecule has 27 heavy (non-hydrogen) atoms. The molecule has 1 atom stereocenters. The smallest absolute Gasteiger partial charge is 0.238 e. The fourth-order valence-electron chi connectivity index (χ4n) is 3.36. The van der Waals surface area contributed by atoms with Crippen LogP contribution in [0.5, 0.6) is 5.75 Å². The number of methoxy groups -OCH3 is 1. The van der Waals surface area contributed by atoms with Gasteiger partial charge in [0.05, 0.1) is 19.3 Å². The van der Waals surface area contributed by atoms with Crippen LogP contribution in [0.1, 0.15) is 18.4 Å². The van der Waals surface area contributed by atoms with Crippen LogP contribution in [0, 0.1) is 6.92 Å². The van der Waals surface area contributed by atoms with Crippen LogP contribution in [-0.2, 0) is 4.79 Å². The zero-order chi connectivity index (χ0) is 19.2. The SMILES string of the molecule is COc1ccccc1NC(=O)CN1CCCC(N(C)c2ncc(C)cn2)C1. The molecular formula is C20H27N5O2. The molecule has 1 unspecified atom stereocenters. The fourth-order valence-corrected chi connectivity index (χ4v) is 3.36. The summed E-state index contributed by atoms with van der Waals surface area (Å²) in [5, 5.41) is 2.95. The molecular weight excluding hydrogens is 342 g/mol. The molecule has 1 amide bonds. The second-order valence-corrected chi connectivity index (χ2v) is 6.95. The molecule has 1 fully saturated rings. The van der Waals surface area contributed by atoms with Gasteiger partial charge in [-0.25, -0.2) is 9.97 Å². The van der Waals surface area contributed by atoms with Crippen LogP contribution in [0.15, 0.2) is 36.7 Å². The van der Waals surface area contributed by atoms with E-state index in [1.165, 1.54) is 0 Å². The summed E-state index contributed by atoms with van der Waals surface area (Å²) in [4.78, 5) is 25.6. The van der Waals surface area contributed by atoms with Gasteiger partial charge in [0.25, 0.3) is 0 Å². The molecule has 1 saturated heterocycles. The summed E-state index contributed by atoms with van der Waals surface area (Å²) in [5.41, 5.74) is 1.74. The van der Waals surface area contributed by atoms with E-state index < -0.39 is 0 Å². The predicted molar refractivity (Wildman–Crippen MR) is 106 cm³/mol. The number of aryl methyl sites for hydroxylation is 1. The van der Waals surface area contributed by atoms with Crippen molar-refractivity contribution in [3.05, 3.63) is 42.2 Å². The maximum atomic E-state index is 12.5. The first-order chi connectivity index (χ1) is 13.1. The van der Waals surface area contributed by atoms with E-state index in [9.17, 15) is 4.79 Å². The number of ether oxygens (including phenoxy) is 1. The number of para-hydroxylation sites is 2. The minimum absolute atomic E-state index is 0.0330. The van der Waals surface area contributed by atoms with E-state index in [4.69, 9.17) is 4.74 Å². The average Bonchev–Trinajstić information content (AvgIpc) is 2.68. The first-order valence-corrected chi connectivity index (χ1v) is 9.23. The zero-order valence-electron chi connectivity index (χ0n) is 16.2. The van der Waals surface area contributed by atoms with E-state index in [0.29, 0.717) is 24.0 Å². The highest BCUT2D eigenvalue weighted by Crippen LogP contribution is 2.23. The molecule has 1 N–H and O–H groups in total. The van der Waals surface area contributed by atoms with Gasteiger partial charge in [0.1, 0.15) is 5.75 Å². The first-order valence-electron chi connectivity index (χ1n) is 9.23. The van der Waals surface area contributed by atoms with Gasteiger partial charge in [-0.1, -0.05) is 12.1 Å². The summed E-state index contributed by atoms with van der Waals surface area (Å²) in [7, 11) is 3.62. The Morgan fingerprint density at radius 2 is 2.07 bits per heavy atom. The van der Waals surface area contributed by atoms with Crippen molar-refractivity contribution < 1.29 is 9.53 Å². The number of piperidine rings is 1. The Kier molecular flexibility index (Phi) is 6.24. The van der Waals surface area contributed by atoms with Gasteiger partial charge < -0.3 is 15.0 Å². The number of hydrogen-bond acceptors (Lipinski definition) is 6. The molecule has 3 rings (SSSR count). The molecule has 7 nitrogen and oxygen atoms in total. The van der Waals surface area contributed by atoms with Crippen LogP contribution in [0.2, 0.25) is 0 Å². The van der Waals surface area contributed by atoms with Crippen molar-refractivity contribution in [2.24, 2.45) is 0 Å². The Labute approximate surface area is 160 Å². The van der Waals surface area contributed by atoms with Crippen LogP contribution in [0.4, 0.5) is 11.6 Å². The highest BCUT2D eigenvalue weighted by atomic mass is 16.5. The van der Waals surface area contributed by atoms with Crippen molar-refractivity contribution in [1.29, 1.82) is 0 Å². The van der Waals surface area contributed by atoms with Crippen molar-refractivity contribution in [3.8, 4) is 5.75 Å². The standard InChI is InChI=1S/C20H27N5O2/c1-15-11-21-20(22-12-15)24(2)16-7-6-10-25(13-16)14-19(26)23-17-8-4-5-9-18(17)27-3/h4-5,8-9,11-12,16H,6-7,10,13-14H2,1-3H3,(H,23,26). The predicted octanol–water partition coefficient (Wildman–Crippen LogP) is 2.33.